The van der Waals surface area contributed by atoms with Gasteiger partial charge in [-0.15, -0.1) is 11.3 Å². The van der Waals surface area contributed by atoms with E-state index in [2.05, 4.69) is 20.1 Å². The molecule has 0 fully saturated rings. The van der Waals surface area contributed by atoms with Gasteiger partial charge in [0.2, 0.25) is 0 Å². The van der Waals surface area contributed by atoms with Crippen LogP contribution in [-0.2, 0) is 16.6 Å². The SMILES string of the molecule is Cc1nc(CNS(=O)(=O)c2ncccc2NN)cs1. The number of nitrogens with two attached hydrogens (primary N) is 1. The molecule has 0 amide bonds. The van der Waals surface area contributed by atoms with Crippen molar-refractivity contribution in [2.75, 3.05) is 5.43 Å². The topological polar surface area (TPSA) is 110 Å². The average molecular weight is 299 g/mol. The number of nitrogens with one attached hydrogen (secondary N) is 2. The predicted octanol–water partition coefficient (Wildman–Crippen LogP) is 0.611. The zero-order valence-electron chi connectivity index (χ0n) is 10.1. The van der Waals surface area contributed by atoms with E-state index in [1.165, 1.54) is 23.6 Å². The van der Waals surface area contributed by atoms with Crippen LogP contribution in [0.25, 0.3) is 0 Å². The van der Waals surface area contributed by atoms with Crippen molar-refractivity contribution in [3.8, 4) is 0 Å². The molecule has 2 aromatic heterocycles. The van der Waals surface area contributed by atoms with Gasteiger partial charge in [0.05, 0.1) is 22.9 Å². The summed E-state index contributed by atoms with van der Waals surface area (Å²) in [6.45, 7) is 1.98. The van der Waals surface area contributed by atoms with Crippen LogP contribution in [0.1, 0.15) is 10.7 Å². The number of thiazole rings is 1. The van der Waals surface area contributed by atoms with Gasteiger partial charge in [0.1, 0.15) is 0 Å². The summed E-state index contributed by atoms with van der Waals surface area (Å²) in [5.74, 6) is 5.27. The first-order chi connectivity index (χ1) is 9.03. The molecule has 0 aliphatic carbocycles. The van der Waals surface area contributed by atoms with E-state index in [4.69, 9.17) is 5.84 Å². The van der Waals surface area contributed by atoms with Crippen LogP contribution in [0.5, 0.6) is 0 Å². The third-order valence-corrected chi connectivity index (χ3v) is 4.47. The van der Waals surface area contributed by atoms with E-state index in [-0.39, 0.29) is 17.3 Å². The second-order valence-electron chi connectivity index (χ2n) is 3.68. The fourth-order valence-electron chi connectivity index (χ4n) is 1.44. The molecule has 0 radical (unpaired) electrons. The number of pyridine rings is 1. The minimum atomic E-state index is -3.73. The van der Waals surface area contributed by atoms with Crippen molar-refractivity contribution in [3.05, 3.63) is 34.4 Å². The minimum Gasteiger partial charge on any atom is -0.321 e. The van der Waals surface area contributed by atoms with Crippen molar-refractivity contribution in [1.29, 1.82) is 0 Å². The molecule has 2 aromatic rings. The number of aryl methyl sites for hydroxylation is 1. The van der Waals surface area contributed by atoms with Crippen molar-refractivity contribution in [3.63, 3.8) is 0 Å². The van der Waals surface area contributed by atoms with Crippen molar-refractivity contribution in [1.82, 2.24) is 14.7 Å². The van der Waals surface area contributed by atoms with Crippen molar-refractivity contribution in [2.24, 2.45) is 5.84 Å². The Kier molecular flexibility index (Phi) is 4.10. The Balaban J connectivity index is 2.18. The highest BCUT2D eigenvalue weighted by Gasteiger charge is 2.19. The molecule has 0 saturated heterocycles. The standard InChI is InChI=1S/C10H13N5O2S2/c1-7-14-8(6-18-7)5-13-19(16,17)10-9(15-11)3-2-4-12-10/h2-4,6,13,15H,5,11H2,1H3. The normalized spacial score (nSPS) is 11.5. The summed E-state index contributed by atoms with van der Waals surface area (Å²) < 4.78 is 26.6. The van der Waals surface area contributed by atoms with E-state index in [9.17, 15) is 8.42 Å². The van der Waals surface area contributed by atoms with Crippen molar-refractivity contribution >= 4 is 27.0 Å². The molecule has 0 saturated carbocycles. The van der Waals surface area contributed by atoms with E-state index in [1.807, 2.05) is 6.92 Å². The Morgan fingerprint density at radius 3 is 2.89 bits per heavy atom. The smallest absolute Gasteiger partial charge is 0.260 e. The van der Waals surface area contributed by atoms with Crippen LogP contribution in [0, 0.1) is 6.92 Å². The Hall–Kier alpha value is -1.55. The highest BCUT2D eigenvalue weighted by molar-refractivity contribution is 7.89. The molecule has 4 N–H and O–H groups in total. The van der Waals surface area contributed by atoms with E-state index >= 15 is 0 Å². The molecular weight excluding hydrogens is 286 g/mol. The molecular formula is C10H13N5O2S2. The first-order valence-corrected chi connectivity index (χ1v) is 7.71. The highest BCUT2D eigenvalue weighted by atomic mass is 32.2. The second kappa shape index (κ2) is 5.61. The number of rotatable bonds is 5. The van der Waals surface area contributed by atoms with E-state index in [0.717, 1.165) is 5.01 Å². The lowest BCUT2D eigenvalue weighted by Crippen LogP contribution is -2.26. The largest absolute Gasteiger partial charge is 0.321 e. The lowest BCUT2D eigenvalue weighted by Gasteiger charge is -2.08. The number of hydrogen-bond acceptors (Lipinski definition) is 7. The van der Waals surface area contributed by atoms with Gasteiger partial charge >= 0.3 is 0 Å². The van der Waals surface area contributed by atoms with Gasteiger partial charge in [-0.1, -0.05) is 0 Å². The fraction of sp³-hybridized carbons (Fsp3) is 0.200. The Labute approximate surface area is 114 Å². The molecule has 9 heteroatoms. The highest BCUT2D eigenvalue weighted by Crippen LogP contribution is 2.17. The average Bonchev–Trinajstić information content (AvgIpc) is 2.82. The van der Waals surface area contributed by atoms with E-state index < -0.39 is 10.0 Å². The van der Waals surface area contributed by atoms with Crippen LogP contribution in [0.3, 0.4) is 0 Å². The van der Waals surface area contributed by atoms with Crippen LogP contribution >= 0.6 is 11.3 Å². The molecule has 0 unspecified atom stereocenters. The molecule has 2 heterocycles. The summed E-state index contributed by atoms with van der Waals surface area (Å²) in [6.07, 6.45) is 1.39. The van der Waals surface area contributed by atoms with Crippen molar-refractivity contribution in [2.45, 2.75) is 18.5 Å². The maximum atomic E-state index is 12.1. The third kappa shape index (κ3) is 3.26. The molecule has 19 heavy (non-hydrogen) atoms. The monoisotopic (exact) mass is 299 g/mol. The molecule has 0 aliphatic heterocycles. The summed E-state index contributed by atoms with van der Waals surface area (Å²) >= 11 is 1.46. The van der Waals surface area contributed by atoms with Gasteiger partial charge in [0.25, 0.3) is 10.0 Å². The number of anilines is 1. The van der Waals surface area contributed by atoms with Crippen LogP contribution in [0.4, 0.5) is 5.69 Å². The van der Waals surface area contributed by atoms with Gasteiger partial charge in [0.15, 0.2) is 5.03 Å². The molecule has 0 aromatic carbocycles. The quantitative estimate of drug-likeness (QED) is 0.551. The number of sulfonamides is 1. The van der Waals surface area contributed by atoms with Gasteiger partial charge in [-0.3, -0.25) is 5.84 Å². The lowest BCUT2D eigenvalue weighted by atomic mass is 10.4. The summed E-state index contributed by atoms with van der Waals surface area (Å²) in [6, 6.07) is 3.13. The van der Waals surface area contributed by atoms with Gasteiger partial charge < -0.3 is 5.43 Å². The minimum absolute atomic E-state index is 0.118. The maximum absolute atomic E-state index is 12.1. The van der Waals surface area contributed by atoms with Crippen LogP contribution < -0.4 is 16.0 Å². The van der Waals surface area contributed by atoms with Gasteiger partial charge in [-0.2, -0.15) is 0 Å². The fourth-order valence-corrected chi connectivity index (χ4v) is 3.14. The van der Waals surface area contributed by atoms with Crippen LogP contribution in [0.15, 0.2) is 28.7 Å². The lowest BCUT2D eigenvalue weighted by molar-refractivity contribution is 0.577. The number of nitrogen functional groups attached to an aromatic ring is 1. The van der Waals surface area contributed by atoms with Gasteiger partial charge in [-0.25, -0.2) is 23.1 Å². The Bertz CT molecular complexity index is 668. The summed E-state index contributed by atoms with van der Waals surface area (Å²) in [5.41, 5.74) is 3.22. The maximum Gasteiger partial charge on any atom is 0.260 e. The number of aromatic nitrogens is 2. The molecule has 7 nitrogen and oxygen atoms in total. The molecule has 0 spiro atoms. The summed E-state index contributed by atoms with van der Waals surface area (Å²) in [7, 11) is -3.73. The van der Waals surface area contributed by atoms with Gasteiger partial charge in [-0.05, 0) is 19.1 Å². The van der Waals surface area contributed by atoms with Gasteiger partial charge in [0, 0.05) is 11.6 Å². The molecule has 0 bridgehead atoms. The zero-order valence-corrected chi connectivity index (χ0v) is 11.8. The van der Waals surface area contributed by atoms with Crippen LogP contribution in [-0.4, -0.2) is 18.4 Å². The van der Waals surface area contributed by atoms with E-state index in [0.29, 0.717) is 5.69 Å². The molecule has 2 rings (SSSR count). The molecule has 102 valence electrons. The van der Waals surface area contributed by atoms with Crippen molar-refractivity contribution < 1.29 is 8.42 Å². The number of nitrogens with zero attached hydrogens (tertiary/aromatic N) is 2. The van der Waals surface area contributed by atoms with E-state index in [1.54, 1.807) is 11.4 Å². The van der Waals surface area contributed by atoms with Crippen LogP contribution in [0.2, 0.25) is 0 Å². The predicted molar refractivity (Wildman–Crippen MR) is 72.9 cm³/mol. The third-order valence-electron chi connectivity index (χ3n) is 2.29. The molecule has 0 atom stereocenters. The zero-order chi connectivity index (χ0) is 13.9. The Morgan fingerprint density at radius 1 is 1.47 bits per heavy atom. The Morgan fingerprint density at radius 2 is 2.26 bits per heavy atom. The second-order valence-corrected chi connectivity index (χ2v) is 6.43. The first kappa shape index (κ1) is 13.9. The summed E-state index contributed by atoms with van der Waals surface area (Å²) in [5, 5.41) is 2.55. The number of hydrazine groups is 1. The number of hydrogen-bond donors (Lipinski definition) is 3. The first-order valence-electron chi connectivity index (χ1n) is 5.35. The summed E-state index contributed by atoms with van der Waals surface area (Å²) in [4.78, 5) is 8.01. The molecule has 0 aliphatic rings.